The number of nitro groups is 1. The normalized spacial score (nSPS) is 21.8. The van der Waals surface area contributed by atoms with Gasteiger partial charge in [0.15, 0.2) is 0 Å². The smallest absolute Gasteiger partial charge is 0.407 e. The molecule has 0 aromatic carbocycles. The number of rotatable bonds is 8. The van der Waals surface area contributed by atoms with Crippen LogP contribution in [0.15, 0.2) is 0 Å². The van der Waals surface area contributed by atoms with Crippen LogP contribution in [0.25, 0.3) is 0 Å². The number of nitrogens with one attached hydrogen (secondary N) is 1. The summed E-state index contributed by atoms with van der Waals surface area (Å²) in [7, 11) is 0. The van der Waals surface area contributed by atoms with Gasteiger partial charge in [-0.3, -0.25) is 10.1 Å². The van der Waals surface area contributed by atoms with Crippen molar-refractivity contribution in [2.45, 2.75) is 65.0 Å². The molecule has 0 aromatic rings. The van der Waals surface area contributed by atoms with Crippen molar-refractivity contribution in [2.75, 3.05) is 13.2 Å². The fourth-order valence-corrected chi connectivity index (χ4v) is 2.81. The number of hydrogen-bond acceptors (Lipinski definition) is 6. The summed E-state index contributed by atoms with van der Waals surface area (Å²) < 4.78 is 10.1. The molecule has 0 radical (unpaired) electrons. The number of carbonyl (C=O) groups excluding carboxylic acids is 2. The first-order valence-electron chi connectivity index (χ1n) is 8.56. The highest BCUT2D eigenvalue weighted by Crippen LogP contribution is 2.29. The van der Waals surface area contributed by atoms with Gasteiger partial charge in [0.2, 0.25) is 6.04 Å². The highest BCUT2D eigenvalue weighted by molar-refractivity contribution is 5.81. The van der Waals surface area contributed by atoms with Gasteiger partial charge in [-0.2, -0.15) is 0 Å². The predicted octanol–water partition coefficient (Wildman–Crippen LogP) is 2.53. The molecule has 1 aliphatic rings. The van der Waals surface area contributed by atoms with Crippen molar-refractivity contribution in [1.82, 2.24) is 5.32 Å². The van der Waals surface area contributed by atoms with Crippen LogP contribution in [-0.4, -0.2) is 42.3 Å². The Kier molecular flexibility index (Phi) is 8.49. The third-order valence-electron chi connectivity index (χ3n) is 4.09. The zero-order valence-electron chi connectivity index (χ0n) is 14.7. The Morgan fingerprint density at radius 2 is 1.83 bits per heavy atom. The van der Waals surface area contributed by atoms with Crippen LogP contribution in [0.1, 0.15) is 52.9 Å². The fraction of sp³-hybridized carbons (Fsp3) is 0.875. The second-order valence-electron chi connectivity index (χ2n) is 6.64. The summed E-state index contributed by atoms with van der Waals surface area (Å²) in [6, 6.07) is -1.27. The minimum Gasteiger partial charge on any atom is -0.464 e. The van der Waals surface area contributed by atoms with Crippen molar-refractivity contribution < 1.29 is 24.0 Å². The van der Waals surface area contributed by atoms with E-state index in [1.165, 1.54) is 0 Å². The maximum absolute atomic E-state index is 12.1. The molecule has 0 saturated heterocycles. The van der Waals surface area contributed by atoms with Gasteiger partial charge >= 0.3 is 12.1 Å². The van der Waals surface area contributed by atoms with Gasteiger partial charge < -0.3 is 14.8 Å². The molecule has 1 amide bonds. The van der Waals surface area contributed by atoms with Gasteiger partial charge in [0.05, 0.1) is 13.2 Å². The lowest BCUT2D eigenvalue weighted by Crippen LogP contribution is -2.44. The molecule has 0 aliphatic heterocycles. The number of ether oxygens (including phenoxy) is 2. The van der Waals surface area contributed by atoms with E-state index in [9.17, 15) is 19.7 Å². The van der Waals surface area contributed by atoms with Gasteiger partial charge in [0.1, 0.15) is 6.04 Å². The lowest BCUT2D eigenvalue weighted by atomic mass is 9.82. The van der Waals surface area contributed by atoms with Crippen LogP contribution in [0.4, 0.5) is 4.79 Å². The zero-order chi connectivity index (χ0) is 18.1. The molecule has 138 valence electrons. The Labute approximate surface area is 142 Å². The largest absolute Gasteiger partial charge is 0.464 e. The van der Waals surface area contributed by atoms with Gasteiger partial charge in [-0.05, 0) is 38.0 Å². The van der Waals surface area contributed by atoms with E-state index in [4.69, 9.17) is 9.47 Å². The summed E-state index contributed by atoms with van der Waals surface area (Å²) in [6.07, 6.45) is 2.13. The van der Waals surface area contributed by atoms with E-state index in [-0.39, 0.29) is 30.0 Å². The first-order chi connectivity index (χ1) is 11.3. The molecule has 1 N–H and O–H groups in total. The molecule has 24 heavy (non-hydrogen) atoms. The number of alkyl carbamates (subject to hydrolysis) is 1. The fourth-order valence-electron chi connectivity index (χ4n) is 2.81. The van der Waals surface area contributed by atoms with Crippen molar-refractivity contribution >= 4 is 12.1 Å². The molecule has 1 atom stereocenters. The van der Waals surface area contributed by atoms with Gasteiger partial charge in [0, 0.05) is 17.8 Å². The molecular weight excluding hydrogens is 316 g/mol. The average molecular weight is 344 g/mol. The maximum atomic E-state index is 12.1. The zero-order valence-corrected chi connectivity index (χ0v) is 14.7. The summed E-state index contributed by atoms with van der Waals surface area (Å²) in [5, 5.41) is 13.4. The van der Waals surface area contributed by atoms with Crippen LogP contribution in [0, 0.1) is 22.0 Å². The molecule has 1 rings (SSSR count). The van der Waals surface area contributed by atoms with E-state index in [0.29, 0.717) is 32.1 Å². The third kappa shape index (κ3) is 7.14. The van der Waals surface area contributed by atoms with Gasteiger partial charge in [-0.25, -0.2) is 9.59 Å². The molecule has 0 aromatic heterocycles. The molecule has 1 saturated carbocycles. The standard InChI is InChI=1S/C16H28N2O6/c1-4-23-15(19)14(17-16(20)24-10-11(2)3)9-12-5-7-13(8-6-12)18(21)22/h11-14H,4-10H2,1-3H3,(H,17,20). The van der Waals surface area contributed by atoms with Crippen LogP contribution in [-0.2, 0) is 14.3 Å². The SMILES string of the molecule is CCOC(=O)C(CC1CCC([N+](=O)[O-])CC1)NC(=O)OCC(C)C. The summed E-state index contributed by atoms with van der Waals surface area (Å²) in [4.78, 5) is 34.5. The minimum absolute atomic E-state index is 0.154. The average Bonchev–Trinajstić information content (AvgIpc) is 2.53. The molecule has 0 heterocycles. The topological polar surface area (TPSA) is 108 Å². The Morgan fingerprint density at radius 3 is 2.33 bits per heavy atom. The Bertz CT molecular complexity index is 432. The van der Waals surface area contributed by atoms with E-state index in [1.807, 2.05) is 13.8 Å². The second kappa shape index (κ2) is 10.1. The minimum atomic E-state index is -0.776. The van der Waals surface area contributed by atoms with Crippen LogP contribution in [0.5, 0.6) is 0 Å². The summed E-state index contributed by atoms with van der Waals surface area (Å²) in [6.45, 7) is 6.05. The van der Waals surface area contributed by atoms with E-state index in [0.717, 1.165) is 0 Å². The summed E-state index contributed by atoms with van der Waals surface area (Å²) >= 11 is 0. The van der Waals surface area contributed by atoms with Crippen molar-refractivity contribution in [3.63, 3.8) is 0 Å². The number of nitrogens with zero attached hydrogens (tertiary/aromatic N) is 1. The maximum Gasteiger partial charge on any atom is 0.407 e. The van der Waals surface area contributed by atoms with Crippen molar-refractivity contribution in [2.24, 2.45) is 11.8 Å². The monoisotopic (exact) mass is 344 g/mol. The van der Waals surface area contributed by atoms with Crippen molar-refractivity contribution in [1.29, 1.82) is 0 Å². The van der Waals surface area contributed by atoms with E-state index in [2.05, 4.69) is 5.32 Å². The van der Waals surface area contributed by atoms with Crippen LogP contribution < -0.4 is 5.32 Å². The molecule has 8 heteroatoms. The van der Waals surface area contributed by atoms with Crippen molar-refractivity contribution in [3.8, 4) is 0 Å². The molecule has 1 aliphatic carbocycles. The molecule has 1 fully saturated rings. The summed E-state index contributed by atoms with van der Waals surface area (Å²) in [5.74, 6) is -0.134. The Hall–Kier alpha value is -1.86. The molecular formula is C16H28N2O6. The quantitative estimate of drug-likeness (QED) is 0.412. The molecule has 1 unspecified atom stereocenters. The summed E-state index contributed by atoms with van der Waals surface area (Å²) in [5.41, 5.74) is 0. The number of carbonyl (C=O) groups is 2. The van der Waals surface area contributed by atoms with Crippen LogP contribution in [0.2, 0.25) is 0 Å². The van der Waals surface area contributed by atoms with E-state index < -0.39 is 24.1 Å². The first kappa shape index (κ1) is 20.2. The van der Waals surface area contributed by atoms with Gasteiger partial charge in [-0.1, -0.05) is 13.8 Å². The van der Waals surface area contributed by atoms with E-state index in [1.54, 1.807) is 6.92 Å². The van der Waals surface area contributed by atoms with Gasteiger partial charge in [-0.15, -0.1) is 0 Å². The molecule has 0 spiro atoms. The number of amides is 1. The second-order valence-corrected chi connectivity index (χ2v) is 6.64. The predicted molar refractivity (Wildman–Crippen MR) is 87.1 cm³/mol. The molecule has 8 nitrogen and oxygen atoms in total. The highest BCUT2D eigenvalue weighted by atomic mass is 16.6. The Morgan fingerprint density at radius 1 is 1.21 bits per heavy atom. The number of hydrogen-bond donors (Lipinski definition) is 1. The Balaban J connectivity index is 2.55. The first-order valence-corrected chi connectivity index (χ1v) is 8.56. The lowest BCUT2D eigenvalue weighted by molar-refractivity contribution is -0.527. The van der Waals surface area contributed by atoms with E-state index >= 15 is 0 Å². The molecule has 0 bridgehead atoms. The number of esters is 1. The van der Waals surface area contributed by atoms with Crippen LogP contribution in [0.3, 0.4) is 0 Å². The lowest BCUT2D eigenvalue weighted by Gasteiger charge is -2.27. The van der Waals surface area contributed by atoms with Crippen molar-refractivity contribution in [3.05, 3.63) is 10.1 Å². The third-order valence-corrected chi connectivity index (χ3v) is 4.09. The highest BCUT2D eigenvalue weighted by Gasteiger charge is 2.32. The van der Waals surface area contributed by atoms with Gasteiger partial charge in [0.25, 0.3) is 0 Å². The van der Waals surface area contributed by atoms with Crippen LogP contribution >= 0.6 is 0 Å².